The van der Waals surface area contributed by atoms with Gasteiger partial charge in [0, 0.05) is 17.9 Å². The van der Waals surface area contributed by atoms with Crippen molar-refractivity contribution in [1.29, 1.82) is 0 Å². The van der Waals surface area contributed by atoms with Crippen molar-refractivity contribution in [3.05, 3.63) is 35.4 Å². The summed E-state index contributed by atoms with van der Waals surface area (Å²) in [6, 6.07) is 3.32. The molecule has 21 heavy (non-hydrogen) atoms. The van der Waals surface area contributed by atoms with E-state index < -0.39 is 27.5 Å². The molecule has 1 aliphatic rings. The van der Waals surface area contributed by atoms with Crippen molar-refractivity contribution >= 4 is 9.84 Å². The summed E-state index contributed by atoms with van der Waals surface area (Å²) >= 11 is 0. The third-order valence-electron chi connectivity index (χ3n) is 4.38. The van der Waals surface area contributed by atoms with Gasteiger partial charge in [-0.1, -0.05) is 12.5 Å². The highest BCUT2D eigenvalue weighted by atomic mass is 32.2. The average molecular weight is 317 g/mol. The first kappa shape index (κ1) is 16.4. The second kappa shape index (κ2) is 6.40. The molecule has 3 unspecified atom stereocenters. The summed E-state index contributed by atoms with van der Waals surface area (Å²) in [4.78, 5) is 0. The van der Waals surface area contributed by atoms with Gasteiger partial charge >= 0.3 is 0 Å². The lowest BCUT2D eigenvalue weighted by molar-refractivity contribution is 0.301. The van der Waals surface area contributed by atoms with Crippen molar-refractivity contribution in [3.63, 3.8) is 0 Å². The second-order valence-electron chi connectivity index (χ2n) is 5.95. The van der Waals surface area contributed by atoms with Crippen LogP contribution in [0.3, 0.4) is 0 Å². The SMILES string of the molecule is CS(=O)(=O)C1CCCC(C(N)Cc2c(F)cccc2F)C1. The van der Waals surface area contributed by atoms with Gasteiger partial charge in [0.2, 0.25) is 0 Å². The largest absolute Gasteiger partial charge is 0.327 e. The third kappa shape index (κ3) is 4.01. The number of sulfone groups is 1. The average Bonchev–Trinajstić information content (AvgIpc) is 2.42. The molecule has 1 saturated carbocycles. The van der Waals surface area contributed by atoms with Gasteiger partial charge in [-0.05, 0) is 43.7 Å². The first-order valence-electron chi connectivity index (χ1n) is 7.16. The van der Waals surface area contributed by atoms with Crippen LogP contribution in [0.5, 0.6) is 0 Å². The minimum atomic E-state index is -3.09. The van der Waals surface area contributed by atoms with E-state index in [4.69, 9.17) is 5.73 Å². The summed E-state index contributed by atoms with van der Waals surface area (Å²) in [5.74, 6) is -1.21. The number of rotatable bonds is 4. The van der Waals surface area contributed by atoms with Crippen LogP contribution in [-0.4, -0.2) is 26.0 Å². The minimum absolute atomic E-state index is 0.00789. The van der Waals surface area contributed by atoms with Crippen LogP contribution in [0.2, 0.25) is 0 Å². The van der Waals surface area contributed by atoms with Gasteiger partial charge in [0.25, 0.3) is 0 Å². The topological polar surface area (TPSA) is 60.2 Å². The van der Waals surface area contributed by atoms with Gasteiger partial charge < -0.3 is 5.73 Å². The zero-order valence-electron chi connectivity index (χ0n) is 12.1. The molecule has 118 valence electrons. The van der Waals surface area contributed by atoms with Gasteiger partial charge in [0.1, 0.15) is 21.5 Å². The first-order chi connectivity index (χ1) is 9.79. The summed E-state index contributed by atoms with van der Waals surface area (Å²) in [6.07, 6.45) is 4.06. The maximum atomic E-state index is 13.7. The monoisotopic (exact) mass is 317 g/mol. The molecule has 0 radical (unpaired) electrons. The van der Waals surface area contributed by atoms with E-state index in [9.17, 15) is 17.2 Å². The molecule has 0 spiro atoms. The van der Waals surface area contributed by atoms with E-state index in [-0.39, 0.29) is 23.2 Å². The van der Waals surface area contributed by atoms with Gasteiger partial charge in [0.15, 0.2) is 0 Å². The highest BCUT2D eigenvalue weighted by Gasteiger charge is 2.32. The molecule has 0 aromatic heterocycles. The quantitative estimate of drug-likeness (QED) is 0.928. The molecule has 6 heteroatoms. The molecule has 0 amide bonds. The molecule has 1 aliphatic carbocycles. The Kier molecular flexibility index (Phi) is 4.99. The molecular formula is C15H21F2NO2S. The van der Waals surface area contributed by atoms with E-state index in [2.05, 4.69) is 0 Å². The van der Waals surface area contributed by atoms with Crippen molar-refractivity contribution in [2.75, 3.05) is 6.26 Å². The maximum absolute atomic E-state index is 13.7. The summed E-state index contributed by atoms with van der Waals surface area (Å²) in [5.41, 5.74) is 6.09. The maximum Gasteiger partial charge on any atom is 0.150 e. The Morgan fingerprint density at radius 2 is 1.90 bits per heavy atom. The zero-order valence-corrected chi connectivity index (χ0v) is 12.9. The van der Waals surface area contributed by atoms with E-state index >= 15 is 0 Å². The highest BCUT2D eigenvalue weighted by Crippen LogP contribution is 2.31. The fourth-order valence-corrected chi connectivity index (χ4v) is 4.28. The minimum Gasteiger partial charge on any atom is -0.327 e. The Balaban J connectivity index is 2.08. The highest BCUT2D eigenvalue weighted by molar-refractivity contribution is 7.91. The van der Waals surface area contributed by atoms with E-state index in [1.807, 2.05) is 0 Å². The molecule has 1 fully saturated rings. The Morgan fingerprint density at radius 3 is 2.48 bits per heavy atom. The standard InChI is InChI=1S/C15H21F2NO2S/c1-21(19,20)11-5-2-4-10(8-11)15(18)9-12-13(16)6-3-7-14(12)17/h3,6-7,10-11,15H,2,4-5,8-9,18H2,1H3. The zero-order chi connectivity index (χ0) is 15.6. The van der Waals surface area contributed by atoms with Gasteiger partial charge in [0.05, 0.1) is 5.25 Å². The molecule has 0 saturated heterocycles. The second-order valence-corrected chi connectivity index (χ2v) is 8.27. The fraction of sp³-hybridized carbons (Fsp3) is 0.600. The van der Waals surface area contributed by atoms with Gasteiger partial charge in [-0.15, -0.1) is 0 Å². The predicted molar refractivity (Wildman–Crippen MR) is 78.6 cm³/mol. The molecule has 3 atom stereocenters. The number of hydrogen-bond acceptors (Lipinski definition) is 3. The molecule has 0 heterocycles. The summed E-state index contributed by atoms with van der Waals surface area (Å²) < 4.78 is 50.6. The van der Waals surface area contributed by atoms with Crippen molar-refractivity contribution in [2.24, 2.45) is 11.7 Å². The fourth-order valence-electron chi connectivity index (χ4n) is 3.09. The Bertz CT molecular complexity index is 583. The van der Waals surface area contributed by atoms with Crippen LogP contribution in [0.4, 0.5) is 8.78 Å². The summed E-state index contributed by atoms with van der Waals surface area (Å²) in [5, 5.41) is -0.382. The van der Waals surface area contributed by atoms with Gasteiger partial charge in [-0.3, -0.25) is 0 Å². The van der Waals surface area contributed by atoms with Crippen LogP contribution >= 0.6 is 0 Å². The molecule has 0 bridgehead atoms. The molecule has 2 N–H and O–H groups in total. The Hall–Kier alpha value is -1.01. The lowest BCUT2D eigenvalue weighted by Crippen LogP contribution is -2.39. The molecule has 1 aromatic carbocycles. The molecule has 3 nitrogen and oxygen atoms in total. The Morgan fingerprint density at radius 1 is 1.29 bits per heavy atom. The lowest BCUT2D eigenvalue weighted by atomic mass is 9.81. The van der Waals surface area contributed by atoms with Gasteiger partial charge in [-0.2, -0.15) is 0 Å². The van der Waals surface area contributed by atoms with E-state index in [0.29, 0.717) is 12.8 Å². The number of halogens is 2. The van der Waals surface area contributed by atoms with Crippen molar-refractivity contribution in [3.8, 4) is 0 Å². The van der Waals surface area contributed by atoms with Gasteiger partial charge in [-0.25, -0.2) is 17.2 Å². The predicted octanol–water partition coefficient (Wildman–Crippen LogP) is 2.44. The van der Waals surface area contributed by atoms with Crippen LogP contribution in [0.15, 0.2) is 18.2 Å². The summed E-state index contributed by atoms with van der Waals surface area (Å²) in [7, 11) is -3.09. The van der Waals surface area contributed by atoms with Crippen molar-refractivity contribution in [2.45, 2.75) is 43.4 Å². The van der Waals surface area contributed by atoms with Crippen molar-refractivity contribution < 1.29 is 17.2 Å². The number of benzene rings is 1. The molecule has 2 rings (SSSR count). The van der Waals surface area contributed by atoms with Crippen molar-refractivity contribution in [1.82, 2.24) is 0 Å². The third-order valence-corrected chi connectivity index (χ3v) is 6.02. The first-order valence-corrected chi connectivity index (χ1v) is 9.12. The molecular weight excluding hydrogens is 296 g/mol. The van der Waals surface area contributed by atoms with E-state index in [1.54, 1.807) is 0 Å². The lowest BCUT2D eigenvalue weighted by Gasteiger charge is -2.32. The van der Waals surface area contributed by atoms with E-state index in [1.165, 1.54) is 24.5 Å². The number of hydrogen-bond donors (Lipinski definition) is 1. The molecule has 0 aliphatic heterocycles. The van der Waals surface area contributed by atoms with Crippen LogP contribution in [0, 0.1) is 17.6 Å². The van der Waals surface area contributed by atoms with Crippen LogP contribution in [0.1, 0.15) is 31.2 Å². The smallest absolute Gasteiger partial charge is 0.150 e. The molecule has 1 aromatic rings. The normalized spacial score (nSPS) is 24.8. The summed E-state index contributed by atoms with van der Waals surface area (Å²) in [6.45, 7) is 0. The van der Waals surface area contributed by atoms with Crippen LogP contribution in [-0.2, 0) is 16.3 Å². The van der Waals surface area contributed by atoms with Crippen LogP contribution in [0.25, 0.3) is 0 Å². The van der Waals surface area contributed by atoms with E-state index in [0.717, 1.165) is 12.8 Å². The Labute approximate surface area is 124 Å². The number of nitrogens with two attached hydrogens (primary N) is 1. The van der Waals surface area contributed by atoms with Crippen LogP contribution < -0.4 is 5.73 Å².